The molecule has 72 valence electrons. The molecule has 1 aromatic rings. The van der Waals surface area contributed by atoms with Crippen LogP contribution >= 0.6 is 0 Å². The first-order valence-corrected chi connectivity index (χ1v) is 4.16. The van der Waals surface area contributed by atoms with E-state index in [0.717, 1.165) is 0 Å². The molecule has 0 spiro atoms. The second kappa shape index (κ2) is 4.61. The Bertz CT molecular complexity index is 249. The number of nitrogens with zero attached hydrogens (tertiary/aromatic N) is 2. The predicted octanol–water partition coefficient (Wildman–Crippen LogP) is 0.0991. The molecule has 0 aliphatic carbocycles. The molecule has 4 N–H and O–H groups in total. The number of aromatic nitrogens is 2. The Labute approximate surface area is 77.0 Å². The summed E-state index contributed by atoms with van der Waals surface area (Å²) in [6.45, 7) is 2.78. The van der Waals surface area contributed by atoms with Gasteiger partial charge in [0.1, 0.15) is 11.6 Å². The van der Waals surface area contributed by atoms with Crippen molar-refractivity contribution in [2.45, 2.75) is 6.92 Å². The lowest BCUT2D eigenvalue weighted by Gasteiger charge is -2.08. The van der Waals surface area contributed by atoms with Crippen molar-refractivity contribution in [3.05, 3.63) is 12.1 Å². The van der Waals surface area contributed by atoms with Gasteiger partial charge in [0.05, 0.1) is 0 Å². The quantitative estimate of drug-likeness (QED) is 0.615. The minimum atomic E-state index is 0.162. The standard InChI is InChI=1S/C8H14N4O/c1-6(5-13)4-10-8-3-2-7(9)11-12-8/h2-3,6,13H,4-5H2,1H3,(H2,9,11)(H,10,12). The highest BCUT2D eigenvalue weighted by atomic mass is 16.3. The van der Waals surface area contributed by atoms with Gasteiger partial charge in [-0.25, -0.2) is 0 Å². The SMILES string of the molecule is CC(CO)CNc1ccc(N)nn1. The van der Waals surface area contributed by atoms with Gasteiger partial charge in [-0.1, -0.05) is 6.92 Å². The van der Waals surface area contributed by atoms with Gasteiger partial charge in [0, 0.05) is 13.2 Å². The van der Waals surface area contributed by atoms with Crippen LogP contribution in [0.4, 0.5) is 11.6 Å². The van der Waals surface area contributed by atoms with Crippen LogP contribution in [0.2, 0.25) is 0 Å². The van der Waals surface area contributed by atoms with Gasteiger partial charge in [0.25, 0.3) is 0 Å². The average Bonchev–Trinajstić information content (AvgIpc) is 2.16. The first kappa shape index (κ1) is 9.73. The van der Waals surface area contributed by atoms with E-state index in [4.69, 9.17) is 10.8 Å². The number of nitrogens with two attached hydrogens (primary N) is 1. The molecule has 0 fully saturated rings. The number of rotatable bonds is 4. The van der Waals surface area contributed by atoms with Crippen LogP contribution in [0.15, 0.2) is 12.1 Å². The molecule has 0 aromatic carbocycles. The minimum absolute atomic E-state index is 0.162. The van der Waals surface area contributed by atoms with Crippen molar-refractivity contribution in [3.63, 3.8) is 0 Å². The van der Waals surface area contributed by atoms with Crippen molar-refractivity contribution < 1.29 is 5.11 Å². The van der Waals surface area contributed by atoms with Crippen LogP contribution in [-0.4, -0.2) is 28.5 Å². The highest BCUT2D eigenvalue weighted by molar-refractivity contribution is 5.38. The molecule has 5 heteroatoms. The van der Waals surface area contributed by atoms with Crippen molar-refractivity contribution in [2.75, 3.05) is 24.2 Å². The van der Waals surface area contributed by atoms with E-state index in [2.05, 4.69) is 15.5 Å². The van der Waals surface area contributed by atoms with Gasteiger partial charge < -0.3 is 16.2 Å². The van der Waals surface area contributed by atoms with E-state index in [1.807, 2.05) is 6.92 Å². The minimum Gasteiger partial charge on any atom is -0.396 e. The molecule has 13 heavy (non-hydrogen) atoms. The molecule has 5 nitrogen and oxygen atoms in total. The maximum Gasteiger partial charge on any atom is 0.148 e. The second-order valence-electron chi connectivity index (χ2n) is 3.01. The molecule has 0 radical (unpaired) electrons. The van der Waals surface area contributed by atoms with E-state index >= 15 is 0 Å². The lowest BCUT2D eigenvalue weighted by molar-refractivity contribution is 0.244. The van der Waals surface area contributed by atoms with E-state index in [-0.39, 0.29) is 12.5 Å². The van der Waals surface area contributed by atoms with E-state index in [1.165, 1.54) is 0 Å². The van der Waals surface area contributed by atoms with Crippen LogP contribution in [0, 0.1) is 5.92 Å². The summed E-state index contributed by atoms with van der Waals surface area (Å²) in [5.74, 6) is 1.29. The predicted molar refractivity (Wildman–Crippen MR) is 51.2 cm³/mol. The summed E-state index contributed by atoms with van der Waals surface area (Å²) in [7, 11) is 0. The van der Waals surface area contributed by atoms with Crippen molar-refractivity contribution in [1.29, 1.82) is 0 Å². The summed E-state index contributed by atoms with van der Waals surface area (Å²) in [5, 5.41) is 19.3. The van der Waals surface area contributed by atoms with E-state index < -0.39 is 0 Å². The molecule has 0 bridgehead atoms. The Morgan fingerprint density at radius 3 is 2.85 bits per heavy atom. The molecular formula is C8H14N4O. The number of aliphatic hydroxyl groups excluding tert-OH is 1. The number of hydrogen-bond donors (Lipinski definition) is 3. The molecular weight excluding hydrogens is 168 g/mol. The van der Waals surface area contributed by atoms with Crippen molar-refractivity contribution in [2.24, 2.45) is 5.92 Å². The molecule has 1 heterocycles. The third-order valence-corrected chi connectivity index (χ3v) is 1.63. The van der Waals surface area contributed by atoms with Gasteiger partial charge in [-0.15, -0.1) is 10.2 Å². The summed E-state index contributed by atoms with van der Waals surface area (Å²) in [4.78, 5) is 0. The first-order chi connectivity index (χ1) is 6.22. The Balaban J connectivity index is 2.41. The van der Waals surface area contributed by atoms with Crippen LogP contribution in [0.3, 0.4) is 0 Å². The van der Waals surface area contributed by atoms with Crippen molar-refractivity contribution in [3.8, 4) is 0 Å². The zero-order valence-corrected chi connectivity index (χ0v) is 7.57. The first-order valence-electron chi connectivity index (χ1n) is 4.16. The monoisotopic (exact) mass is 182 g/mol. The van der Waals surface area contributed by atoms with Gasteiger partial charge in [-0.2, -0.15) is 0 Å². The Kier molecular flexibility index (Phi) is 3.45. The summed E-state index contributed by atoms with van der Waals surface area (Å²) >= 11 is 0. The van der Waals surface area contributed by atoms with Gasteiger partial charge in [0.2, 0.25) is 0 Å². The molecule has 1 atom stereocenters. The van der Waals surface area contributed by atoms with Gasteiger partial charge in [-0.05, 0) is 18.1 Å². The zero-order valence-electron chi connectivity index (χ0n) is 7.57. The Hall–Kier alpha value is -1.36. The van der Waals surface area contributed by atoms with Crippen molar-refractivity contribution in [1.82, 2.24) is 10.2 Å². The highest BCUT2D eigenvalue weighted by Gasteiger charge is 2.00. The molecule has 0 amide bonds. The number of aliphatic hydroxyl groups is 1. The molecule has 1 rings (SSSR count). The van der Waals surface area contributed by atoms with Crippen LogP contribution in [0.25, 0.3) is 0 Å². The number of hydrogen-bond acceptors (Lipinski definition) is 5. The van der Waals surface area contributed by atoms with Crippen molar-refractivity contribution >= 4 is 11.6 Å². The molecule has 1 unspecified atom stereocenters. The fourth-order valence-corrected chi connectivity index (χ4v) is 0.780. The number of nitrogens with one attached hydrogen (secondary N) is 1. The summed E-state index contributed by atoms with van der Waals surface area (Å²) in [5.41, 5.74) is 5.37. The molecule has 0 saturated carbocycles. The average molecular weight is 182 g/mol. The fraction of sp³-hybridized carbons (Fsp3) is 0.500. The van der Waals surface area contributed by atoms with E-state index in [9.17, 15) is 0 Å². The smallest absolute Gasteiger partial charge is 0.148 e. The second-order valence-corrected chi connectivity index (χ2v) is 3.01. The molecule has 1 aromatic heterocycles. The third kappa shape index (κ3) is 3.25. The molecule has 0 aliphatic rings. The Morgan fingerprint density at radius 1 is 1.54 bits per heavy atom. The summed E-state index contributed by atoms with van der Waals surface area (Å²) < 4.78 is 0. The Morgan fingerprint density at radius 2 is 2.31 bits per heavy atom. The lowest BCUT2D eigenvalue weighted by atomic mass is 10.2. The lowest BCUT2D eigenvalue weighted by Crippen LogP contribution is -2.15. The van der Waals surface area contributed by atoms with Crippen LogP contribution in [-0.2, 0) is 0 Å². The maximum absolute atomic E-state index is 8.76. The van der Waals surface area contributed by atoms with Crippen LogP contribution in [0.5, 0.6) is 0 Å². The molecule has 0 aliphatic heterocycles. The summed E-state index contributed by atoms with van der Waals surface area (Å²) in [6.07, 6.45) is 0. The topological polar surface area (TPSA) is 84.1 Å². The number of nitrogen functional groups attached to an aromatic ring is 1. The normalized spacial score (nSPS) is 12.5. The van der Waals surface area contributed by atoms with Crippen LogP contribution < -0.4 is 11.1 Å². The van der Waals surface area contributed by atoms with Crippen LogP contribution in [0.1, 0.15) is 6.92 Å². The van der Waals surface area contributed by atoms with Gasteiger partial charge in [-0.3, -0.25) is 0 Å². The van der Waals surface area contributed by atoms with E-state index in [1.54, 1.807) is 12.1 Å². The summed E-state index contributed by atoms with van der Waals surface area (Å²) in [6, 6.07) is 3.44. The van der Waals surface area contributed by atoms with Gasteiger partial charge >= 0.3 is 0 Å². The fourth-order valence-electron chi connectivity index (χ4n) is 0.780. The highest BCUT2D eigenvalue weighted by Crippen LogP contribution is 2.03. The van der Waals surface area contributed by atoms with E-state index in [0.29, 0.717) is 18.2 Å². The number of anilines is 2. The maximum atomic E-state index is 8.76. The largest absolute Gasteiger partial charge is 0.396 e. The zero-order chi connectivity index (χ0) is 9.68. The van der Waals surface area contributed by atoms with Gasteiger partial charge in [0.15, 0.2) is 0 Å². The molecule has 0 saturated heterocycles. The third-order valence-electron chi connectivity index (χ3n) is 1.63.